The van der Waals surface area contributed by atoms with E-state index in [-0.39, 0.29) is 0 Å². The molecule has 17 heavy (non-hydrogen) atoms. The number of halogens is 1. The van der Waals surface area contributed by atoms with Crippen LogP contribution in [0, 0.1) is 0 Å². The number of benzene rings is 1. The Morgan fingerprint density at radius 3 is 2.47 bits per heavy atom. The first kappa shape index (κ1) is 11.9. The van der Waals surface area contributed by atoms with Crippen molar-refractivity contribution in [3.05, 3.63) is 52.6 Å². The van der Waals surface area contributed by atoms with E-state index in [0.717, 1.165) is 22.5 Å². The van der Waals surface area contributed by atoms with Gasteiger partial charge in [0.1, 0.15) is 5.82 Å². The Bertz CT molecular complexity index is 479. The van der Waals surface area contributed by atoms with Gasteiger partial charge in [0.2, 0.25) is 0 Å². The second-order valence-electron chi connectivity index (χ2n) is 3.93. The molecule has 2 aromatic rings. The van der Waals surface area contributed by atoms with Crippen molar-refractivity contribution in [3.8, 4) is 0 Å². The molecule has 0 saturated carbocycles. The Morgan fingerprint density at radius 2 is 1.88 bits per heavy atom. The van der Waals surface area contributed by atoms with Crippen LogP contribution in [0.2, 0.25) is 0 Å². The predicted molar refractivity (Wildman–Crippen MR) is 74.9 cm³/mol. The summed E-state index contributed by atoms with van der Waals surface area (Å²) in [5.74, 6) is 0.949. The molecule has 1 heterocycles. The van der Waals surface area contributed by atoms with E-state index in [1.165, 1.54) is 5.56 Å². The van der Waals surface area contributed by atoms with Gasteiger partial charge in [0.05, 0.1) is 0 Å². The lowest BCUT2D eigenvalue weighted by Gasteiger charge is -2.18. The summed E-state index contributed by atoms with van der Waals surface area (Å²) in [6.07, 6.45) is 1.80. The maximum absolute atomic E-state index is 5.65. The average Bonchev–Trinajstić information content (AvgIpc) is 2.33. The normalized spacial score (nSPS) is 10.2. The number of rotatable bonds is 3. The molecule has 0 atom stereocenters. The van der Waals surface area contributed by atoms with Gasteiger partial charge in [-0.15, -0.1) is 0 Å². The van der Waals surface area contributed by atoms with Gasteiger partial charge in [-0.05, 0) is 45.8 Å². The average molecular weight is 292 g/mol. The molecule has 4 heteroatoms. The second-order valence-corrected chi connectivity index (χ2v) is 4.85. The number of aromatic nitrogens is 1. The quantitative estimate of drug-likeness (QED) is 0.884. The zero-order chi connectivity index (χ0) is 12.3. The summed E-state index contributed by atoms with van der Waals surface area (Å²) >= 11 is 3.37. The number of hydrogen-bond donors (Lipinski definition) is 1. The number of hydrogen-bond acceptors (Lipinski definition) is 3. The standard InChI is InChI=1S/C13H14BrN3/c1-17(13-7-4-11(14)8-16-13)9-10-2-5-12(15)6-3-10/h2-8H,9,15H2,1H3. The molecule has 0 aliphatic rings. The highest BCUT2D eigenvalue weighted by molar-refractivity contribution is 9.10. The third kappa shape index (κ3) is 3.20. The molecule has 1 aromatic carbocycles. The van der Waals surface area contributed by atoms with Crippen molar-refractivity contribution in [2.75, 3.05) is 17.7 Å². The summed E-state index contributed by atoms with van der Waals surface area (Å²) in [7, 11) is 2.02. The summed E-state index contributed by atoms with van der Waals surface area (Å²) in [4.78, 5) is 6.44. The molecule has 3 nitrogen and oxygen atoms in total. The molecule has 0 amide bonds. The fourth-order valence-electron chi connectivity index (χ4n) is 1.57. The molecule has 0 unspecified atom stereocenters. The molecule has 0 bridgehead atoms. The van der Waals surface area contributed by atoms with Crippen LogP contribution in [0.5, 0.6) is 0 Å². The maximum atomic E-state index is 5.65. The van der Waals surface area contributed by atoms with Gasteiger partial charge in [-0.2, -0.15) is 0 Å². The first-order valence-electron chi connectivity index (χ1n) is 5.32. The number of nitrogens with two attached hydrogens (primary N) is 1. The number of anilines is 2. The largest absolute Gasteiger partial charge is 0.399 e. The van der Waals surface area contributed by atoms with Crippen LogP contribution in [0.4, 0.5) is 11.5 Å². The van der Waals surface area contributed by atoms with Crippen LogP contribution in [-0.2, 0) is 6.54 Å². The second kappa shape index (κ2) is 5.19. The van der Waals surface area contributed by atoms with E-state index in [1.807, 2.05) is 43.4 Å². The number of pyridine rings is 1. The van der Waals surface area contributed by atoms with E-state index in [0.29, 0.717) is 0 Å². The molecule has 1 aromatic heterocycles. The van der Waals surface area contributed by atoms with Crippen molar-refractivity contribution < 1.29 is 0 Å². The van der Waals surface area contributed by atoms with Crippen molar-refractivity contribution in [2.45, 2.75) is 6.54 Å². The lowest BCUT2D eigenvalue weighted by atomic mass is 10.2. The lowest BCUT2D eigenvalue weighted by molar-refractivity contribution is 0.897. The summed E-state index contributed by atoms with van der Waals surface area (Å²) < 4.78 is 0.988. The van der Waals surface area contributed by atoms with E-state index in [4.69, 9.17) is 5.73 Å². The van der Waals surface area contributed by atoms with Gasteiger partial charge < -0.3 is 10.6 Å². The predicted octanol–water partition coefficient (Wildman–Crippen LogP) is 3.06. The highest BCUT2D eigenvalue weighted by Crippen LogP contribution is 2.16. The van der Waals surface area contributed by atoms with Crippen LogP contribution < -0.4 is 10.6 Å². The molecule has 2 rings (SSSR count). The molecule has 0 radical (unpaired) electrons. The first-order valence-corrected chi connectivity index (χ1v) is 6.11. The lowest BCUT2D eigenvalue weighted by Crippen LogP contribution is -2.17. The highest BCUT2D eigenvalue weighted by atomic mass is 79.9. The third-order valence-electron chi connectivity index (χ3n) is 2.50. The van der Waals surface area contributed by atoms with Crippen molar-refractivity contribution in [1.29, 1.82) is 0 Å². The zero-order valence-electron chi connectivity index (χ0n) is 9.60. The molecular weight excluding hydrogens is 278 g/mol. The highest BCUT2D eigenvalue weighted by Gasteiger charge is 2.03. The minimum atomic E-state index is 0.790. The Hall–Kier alpha value is -1.55. The molecule has 0 aliphatic carbocycles. The van der Waals surface area contributed by atoms with E-state index < -0.39 is 0 Å². The number of nitrogens with zero attached hydrogens (tertiary/aromatic N) is 2. The molecule has 0 fully saturated rings. The van der Waals surface area contributed by atoms with E-state index >= 15 is 0 Å². The molecule has 0 saturated heterocycles. The van der Waals surface area contributed by atoms with Crippen LogP contribution in [0.3, 0.4) is 0 Å². The fourth-order valence-corrected chi connectivity index (χ4v) is 1.81. The first-order chi connectivity index (χ1) is 8.15. The van der Waals surface area contributed by atoms with Crippen LogP contribution in [0.25, 0.3) is 0 Å². The summed E-state index contributed by atoms with van der Waals surface area (Å²) in [6, 6.07) is 11.9. The topological polar surface area (TPSA) is 42.1 Å². The van der Waals surface area contributed by atoms with E-state index in [1.54, 1.807) is 6.20 Å². The maximum Gasteiger partial charge on any atom is 0.128 e. The van der Waals surface area contributed by atoms with Gasteiger partial charge in [0.25, 0.3) is 0 Å². The van der Waals surface area contributed by atoms with Gasteiger partial charge in [0.15, 0.2) is 0 Å². The van der Waals surface area contributed by atoms with E-state index in [2.05, 4.69) is 25.8 Å². The molecule has 0 spiro atoms. The van der Waals surface area contributed by atoms with Crippen LogP contribution in [0.15, 0.2) is 47.1 Å². The zero-order valence-corrected chi connectivity index (χ0v) is 11.2. The van der Waals surface area contributed by atoms with Crippen LogP contribution >= 0.6 is 15.9 Å². The Kier molecular flexibility index (Phi) is 3.64. The molecule has 2 N–H and O–H groups in total. The minimum absolute atomic E-state index is 0.790. The van der Waals surface area contributed by atoms with Crippen molar-refractivity contribution in [1.82, 2.24) is 4.98 Å². The minimum Gasteiger partial charge on any atom is -0.399 e. The Labute approximate surface area is 109 Å². The van der Waals surface area contributed by atoms with Crippen molar-refractivity contribution in [3.63, 3.8) is 0 Å². The smallest absolute Gasteiger partial charge is 0.128 e. The van der Waals surface area contributed by atoms with Crippen LogP contribution in [0.1, 0.15) is 5.56 Å². The summed E-state index contributed by atoms with van der Waals surface area (Å²) in [6.45, 7) is 0.814. The SMILES string of the molecule is CN(Cc1ccc(N)cc1)c1ccc(Br)cn1. The summed E-state index contributed by atoms with van der Waals surface area (Å²) in [5, 5.41) is 0. The van der Waals surface area contributed by atoms with Crippen LogP contribution in [-0.4, -0.2) is 12.0 Å². The van der Waals surface area contributed by atoms with Gasteiger partial charge in [0, 0.05) is 29.9 Å². The number of nitrogen functional groups attached to an aromatic ring is 1. The van der Waals surface area contributed by atoms with Gasteiger partial charge >= 0.3 is 0 Å². The molecule has 88 valence electrons. The molecular formula is C13H14BrN3. The summed E-state index contributed by atoms with van der Waals surface area (Å²) in [5.41, 5.74) is 7.66. The van der Waals surface area contributed by atoms with Gasteiger partial charge in [-0.3, -0.25) is 0 Å². The van der Waals surface area contributed by atoms with Crippen molar-refractivity contribution >= 4 is 27.4 Å². The van der Waals surface area contributed by atoms with Crippen molar-refractivity contribution in [2.24, 2.45) is 0 Å². The van der Waals surface area contributed by atoms with E-state index in [9.17, 15) is 0 Å². The Balaban J connectivity index is 2.08. The molecule has 0 aliphatic heterocycles. The van der Waals surface area contributed by atoms with Gasteiger partial charge in [-0.1, -0.05) is 12.1 Å². The third-order valence-corrected chi connectivity index (χ3v) is 2.97. The fraction of sp³-hybridized carbons (Fsp3) is 0.154. The van der Waals surface area contributed by atoms with Gasteiger partial charge in [-0.25, -0.2) is 4.98 Å². The Morgan fingerprint density at radius 1 is 1.18 bits per heavy atom. The monoisotopic (exact) mass is 291 g/mol.